The van der Waals surface area contributed by atoms with E-state index in [1.807, 2.05) is 36.4 Å². The predicted octanol–water partition coefficient (Wildman–Crippen LogP) is 2.99. The molecule has 0 aliphatic carbocycles. The average Bonchev–Trinajstić information content (AvgIpc) is 3.17. The first-order valence-corrected chi connectivity index (χ1v) is 10.6. The zero-order chi connectivity index (χ0) is 21.2. The van der Waals surface area contributed by atoms with Crippen molar-refractivity contribution in [1.82, 2.24) is 4.57 Å². The first kappa shape index (κ1) is 22.0. The molecule has 0 bridgehead atoms. The van der Waals surface area contributed by atoms with Crippen molar-refractivity contribution >= 4 is 0 Å². The van der Waals surface area contributed by atoms with Crippen LogP contribution in [-0.2, 0) is 24.4 Å². The highest BCUT2D eigenvalue weighted by Crippen LogP contribution is 2.11. The summed E-state index contributed by atoms with van der Waals surface area (Å²) in [5, 5.41) is 10.5. The summed E-state index contributed by atoms with van der Waals surface area (Å²) in [5.74, 6) is 0. The van der Waals surface area contributed by atoms with Gasteiger partial charge in [0.15, 0.2) is 0 Å². The molecule has 0 saturated carbocycles. The van der Waals surface area contributed by atoms with Crippen LogP contribution in [0.1, 0.15) is 22.4 Å². The van der Waals surface area contributed by atoms with Gasteiger partial charge in [0.1, 0.15) is 19.2 Å². The Morgan fingerprint density at radius 1 is 1.07 bits per heavy atom. The molecule has 30 heavy (non-hydrogen) atoms. The van der Waals surface area contributed by atoms with Crippen LogP contribution in [0.4, 0.5) is 0 Å². The van der Waals surface area contributed by atoms with Crippen LogP contribution in [0, 0.1) is 6.92 Å². The third-order valence-corrected chi connectivity index (χ3v) is 5.34. The molecule has 3 aromatic rings. The number of aliphatic hydroxyl groups is 1. The van der Waals surface area contributed by atoms with Crippen molar-refractivity contribution in [3.05, 3.63) is 108 Å². The number of nitrogens with zero attached hydrogens (tertiary/aromatic N) is 1. The molecule has 0 aliphatic rings. The Morgan fingerprint density at radius 3 is 2.60 bits per heavy atom. The van der Waals surface area contributed by atoms with Crippen LogP contribution < -0.4 is 4.90 Å². The number of hydrogen-bond acceptors (Lipinski definition) is 2. The summed E-state index contributed by atoms with van der Waals surface area (Å²) < 4.78 is 8.01. The smallest absolute Gasteiger partial charge is 0.126 e. The molecule has 0 amide bonds. The van der Waals surface area contributed by atoms with Crippen molar-refractivity contribution in [3.8, 4) is 0 Å². The van der Waals surface area contributed by atoms with Crippen molar-refractivity contribution in [2.45, 2.75) is 32.7 Å². The van der Waals surface area contributed by atoms with E-state index in [-0.39, 0.29) is 0 Å². The molecule has 2 N–H and O–H groups in total. The molecule has 158 valence electrons. The van der Waals surface area contributed by atoms with Gasteiger partial charge in [-0.2, -0.15) is 0 Å². The van der Waals surface area contributed by atoms with Crippen molar-refractivity contribution in [2.75, 3.05) is 19.7 Å². The van der Waals surface area contributed by atoms with Gasteiger partial charge in [0.05, 0.1) is 25.5 Å². The molecule has 3 rings (SSSR count). The van der Waals surface area contributed by atoms with Gasteiger partial charge in [0.25, 0.3) is 0 Å². The molecule has 0 aliphatic heterocycles. The fourth-order valence-corrected chi connectivity index (χ4v) is 3.70. The van der Waals surface area contributed by atoms with Gasteiger partial charge in [-0.05, 0) is 41.8 Å². The second-order valence-corrected chi connectivity index (χ2v) is 7.83. The van der Waals surface area contributed by atoms with Crippen molar-refractivity contribution in [3.63, 3.8) is 0 Å². The number of nitrogens with one attached hydrogen (secondary N) is 1. The molecule has 2 atom stereocenters. The summed E-state index contributed by atoms with van der Waals surface area (Å²) in [4.78, 5) is 1.27. The maximum absolute atomic E-state index is 10.5. The molecule has 0 fully saturated rings. The molecular weight excluding hydrogens is 372 g/mol. The molecule has 1 heterocycles. The maximum Gasteiger partial charge on any atom is 0.126 e. The van der Waals surface area contributed by atoms with Crippen LogP contribution in [0.25, 0.3) is 0 Å². The van der Waals surface area contributed by atoms with Crippen LogP contribution in [0.2, 0.25) is 0 Å². The van der Waals surface area contributed by atoms with E-state index in [2.05, 4.69) is 60.7 Å². The Morgan fingerprint density at radius 2 is 1.83 bits per heavy atom. The molecule has 4 heteroatoms. The Kier molecular flexibility index (Phi) is 8.45. The second-order valence-electron chi connectivity index (χ2n) is 7.83. The van der Waals surface area contributed by atoms with E-state index in [1.54, 1.807) is 0 Å². The molecule has 1 unspecified atom stereocenters. The summed E-state index contributed by atoms with van der Waals surface area (Å²) >= 11 is 0. The molecule has 4 nitrogen and oxygen atoms in total. The summed E-state index contributed by atoms with van der Waals surface area (Å²) in [6.07, 6.45) is 3.54. The van der Waals surface area contributed by atoms with Gasteiger partial charge in [-0.1, -0.05) is 61.2 Å². The number of ether oxygens (including phenoxy) is 1. The number of aryl methyl sites for hydroxylation is 1. The summed E-state index contributed by atoms with van der Waals surface area (Å²) in [6.45, 7) is 10.0. The van der Waals surface area contributed by atoms with E-state index in [0.717, 1.165) is 25.2 Å². The molecule has 0 saturated heterocycles. The molecular formula is C26H33N2O2+. The Balaban J connectivity index is 1.54. The van der Waals surface area contributed by atoms with Crippen LogP contribution in [0.3, 0.4) is 0 Å². The monoisotopic (exact) mass is 405 g/mol. The predicted molar refractivity (Wildman–Crippen MR) is 121 cm³/mol. The summed E-state index contributed by atoms with van der Waals surface area (Å²) in [7, 11) is 0. The topological polar surface area (TPSA) is 38.8 Å². The van der Waals surface area contributed by atoms with E-state index in [4.69, 9.17) is 4.74 Å². The quantitative estimate of drug-likeness (QED) is 0.455. The van der Waals surface area contributed by atoms with E-state index in [1.165, 1.54) is 21.7 Å². The normalized spacial score (nSPS) is 13.1. The maximum atomic E-state index is 10.5. The number of quaternary nitrogens is 1. The van der Waals surface area contributed by atoms with Gasteiger partial charge in [0.2, 0.25) is 0 Å². The van der Waals surface area contributed by atoms with E-state index < -0.39 is 6.10 Å². The van der Waals surface area contributed by atoms with Crippen molar-refractivity contribution in [2.24, 2.45) is 0 Å². The van der Waals surface area contributed by atoms with Crippen LogP contribution >= 0.6 is 0 Å². The fraction of sp³-hybridized carbons (Fsp3) is 0.308. The summed E-state index contributed by atoms with van der Waals surface area (Å²) in [5.41, 5.74) is 5.01. The molecule has 1 aromatic heterocycles. The number of aliphatic hydroxyl groups excluding tert-OH is 1. The van der Waals surface area contributed by atoms with Crippen molar-refractivity contribution in [1.29, 1.82) is 0 Å². The van der Waals surface area contributed by atoms with Crippen LogP contribution in [0.15, 0.2) is 85.6 Å². The SMILES string of the molecule is C=CC[NH+](Cc1cccn1Cc1ccccc1C)C[C@H](O)COCc1ccccc1. The van der Waals surface area contributed by atoms with E-state index >= 15 is 0 Å². The van der Waals surface area contributed by atoms with Crippen LogP contribution in [-0.4, -0.2) is 35.5 Å². The van der Waals surface area contributed by atoms with Gasteiger partial charge >= 0.3 is 0 Å². The Labute approximate surface area is 180 Å². The first-order valence-electron chi connectivity index (χ1n) is 10.6. The minimum absolute atomic E-state index is 0.333. The second kappa shape index (κ2) is 11.5. The van der Waals surface area contributed by atoms with Gasteiger partial charge in [-0.15, -0.1) is 0 Å². The lowest BCUT2D eigenvalue weighted by Crippen LogP contribution is -3.11. The lowest BCUT2D eigenvalue weighted by molar-refractivity contribution is -0.911. The number of aromatic nitrogens is 1. The highest BCUT2D eigenvalue weighted by Gasteiger charge is 2.17. The minimum atomic E-state index is -0.511. The Bertz CT molecular complexity index is 904. The highest BCUT2D eigenvalue weighted by atomic mass is 16.5. The Hall–Kier alpha value is -2.66. The average molecular weight is 406 g/mol. The van der Waals surface area contributed by atoms with E-state index in [9.17, 15) is 5.11 Å². The minimum Gasteiger partial charge on any atom is -0.385 e. The lowest BCUT2D eigenvalue weighted by Gasteiger charge is -2.22. The molecule has 0 spiro atoms. The molecule has 2 aromatic carbocycles. The van der Waals surface area contributed by atoms with Gasteiger partial charge < -0.3 is 19.3 Å². The van der Waals surface area contributed by atoms with Gasteiger partial charge in [0, 0.05) is 12.7 Å². The fourth-order valence-electron chi connectivity index (χ4n) is 3.70. The largest absolute Gasteiger partial charge is 0.385 e. The van der Waals surface area contributed by atoms with Crippen LogP contribution in [0.5, 0.6) is 0 Å². The standard InChI is InChI=1S/C26H32N2O2/c1-3-15-27(19-26(29)21-30-20-23-11-5-4-6-12-23)18-25-14-9-16-28(25)17-24-13-8-7-10-22(24)2/h3-14,16,26,29H,1,15,17-21H2,2H3/p+1/t26-/m0/s1. The van der Waals surface area contributed by atoms with E-state index in [0.29, 0.717) is 19.8 Å². The zero-order valence-electron chi connectivity index (χ0n) is 17.8. The third-order valence-electron chi connectivity index (χ3n) is 5.34. The number of benzene rings is 2. The lowest BCUT2D eigenvalue weighted by atomic mass is 10.1. The van der Waals surface area contributed by atoms with Gasteiger partial charge in [-0.3, -0.25) is 0 Å². The zero-order valence-corrected chi connectivity index (χ0v) is 17.8. The van der Waals surface area contributed by atoms with Gasteiger partial charge in [-0.25, -0.2) is 0 Å². The number of hydrogen-bond donors (Lipinski definition) is 2. The van der Waals surface area contributed by atoms with Crippen molar-refractivity contribution < 1.29 is 14.7 Å². The highest BCUT2D eigenvalue weighted by molar-refractivity contribution is 5.26. The molecule has 0 radical (unpaired) electrons. The third kappa shape index (κ3) is 6.70. The first-order chi connectivity index (χ1) is 14.7. The number of rotatable bonds is 12. The summed E-state index contributed by atoms with van der Waals surface area (Å²) in [6, 6.07) is 22.8.